The molecule has 0 spiro atoms. The molecule has 0 unspecified atom stereocenters. The van der Waals surface area contributed by atoms with Crippen molar-refractivity contribution in [3.8, 4) is 5.75 Å². The van der Waals surface area contributed by atoms with Gasteiger partial charge in [-0.05, 0) is 48.7 Å². The second-order valence-corrected chi connectivity index (χ2v) is 5.10. The second kappa shape index (κ2) is 7.48. The Labute approximate surface area is 126 Å². The Morgan fingerprint density at radius 2 is 1.90 bits per heavy atom. The van der Waals surface area contributed by atoms with E-state index < -0.39 is 0 Å². The summed E-state index contributed by atoms with van der Waals surface area (Å²) in [7, 11) is 0. The first-order valence-corrected chi connectivity index (χ1v) is 7.25. The molecule has 0 radical (unpaired) electrons. The van der Waals surface area contributed by atoms with Crippen LogP contribution in [0, 0.1) is 6.92 Å². The third-order valence-corrected chi connectivity index (χ3v) is 3.14. The Balaban J connectivity index is 1.84. The minimum absolute atomic E-state index is 0.0141. The molecule has 2 aromatic rings. The predicted octanol–water partition coefficient (Wildman–Crippen LogP) is 3.97. The van der Waals surface area contributed by atoms with Crippen LogP contribution in [0.3, 0.4) is 0 Å². The van der Waals surface area contributed by atoms with Gasteiger partial charge in [0.15, 0.2) is 6.61 Å². The van der Waals surface area contributed by atoms with E-state index in [1.807, 2.05) is 55.5 Å². The van der Waals surface area contributed by atoms with E-state index in [2.05, 4.69) is 12.2 Å². The van der Waals surface area contributed by atoms with Crippen LogP contribution in [0.5, 0.6) is 5.75 Å². The van der Waals surface area contributed by atoms with Crippen LogP contribution in [0.1, 0.15) is 24.5 Å². The number of rotatable bonds is 6. The lowest BCUT2D eigenvalue weighted by molar-refractivity contribution is -0.118. The quantitative estimate of drug-likeness (QED) is 0.871. The number of benzene rings is 2. The molecule has 0 aliphatic heterocycles. The van der Waals surface area contributed by atoms with E-state index in [4.69, 9.17) is 4.74 Å². The lowest BCUT2D eigenvalue weighted by atomic mass is 10.1. The van der Waals surface area contributed by atoms with E-state index >= 15 is 0 Å². The highest BCUT2D eigenvalue weighted by molar-refractivity contribution is 5.91. The monoisotopic (exact) mass is 283 g/mol. The Morgan fingerprint density at radius 3 is 2.57 bits per heavy atom. The second-order valence-electron chi connectivity index (χ2n) is 5.10. The van der Waals surface area contributed by atoms with Gasteiger partial charge in [-0.25, -0.2) is 0 Å². The predicted molar refractivity (Wildman–Crippen MR) is 85.7 cm³/mol. The largest absolute Gasteiger partial charge is 0.484 e. The average Bonchev–Trinajstić information content (AvgIpc) is 2.48. The maximum atomic E-state index is 11.8. The molecular weight excluding hydrogens is 262 g/mol. The van der Waals surface area contributed by atoms with Crippen molar-refractivity contribution in [3.05, 3.63) is 59.7 Å². The molecule has 3 heteroatoms. The molecule has 0 atom stereocenters. The van der Waals surface area contributed by atoms with Crippen molar-refractivity contribution in [2.45, 2.75) is 26.7 Å². The normalized spacial score (nSPS) is 10.2. The summed E-state index contributed by atoms with van der Waals surface area (Å²) in [5, 5.41) is 2.83. The SMILES string of the molecule is CCCc1ccc(NC(=O)COc2cccc(C)c2)cc1. The molecule has 0 saturated heterocycles. The Morgan fingerprint density at radius 1 is 1.14 bits per heavy atom. The summed E-state index contributed by atoms with van der Waals surface area (Å²) in [6.45, 7) is 4.16. The summed E-state index contributed by atoms with van der Waals surface area (Å²) in [6, 6.07) is 15.6. The van der Waals surface area contributed by atoms with Gasteiger partial charge < -0.3 is 10.1 Å². The highest BCUT2D eigenvalue weighted by Crippen LogP contribution is 2.13. The van der Waals surface area contributed by atoms with Gasteiger partial charge in [0.05, 0.1) is 0 Å². The van der Waals surface area contributed by atoms with Gasteiger partial charge in [0.25, 0.3) is 5.91 Å². The van der Waals surface area contributed by atoms with Crippen molar-refractivity contribution in [2.24, 2.45) is 0 Å². The first-order chi connectivity index (χ1) is 10.2. The molecule has 0 bridgehead atoms. The van der Waals surface area contributed by atoms with Gasteiger partial charge in [-0.15, -0.1) is 0 Å². The van der Waals surface area contributed by atoms with E-state index in [1.54, 1.807) is 0 Å². The molecule has 2 rings (SSSR count). The first kappa shape index (κ1) is 15.1. The van der Waals surface area contributed by atoms with Crippen LogP contribution in [-0.4, -0.2) is 12.5 Å². The van der Waals surface area contributed by atoms with Crippen LogP contribution in [0.25, 0.3) is 0 Å². The number of ether oxygens (including phenoxy) is 1. The first-order valence-electron chi connectivity index (χ1n) is 7.25. The fourth-order valence-electron chi connectivity index (χ4n) is 2.09. The maximum Gasteiger partial charge on any atom is 0.262 e. The molecule has 110 valence electrons. The topological polar surface area (TPSA) is 38.3 Å². The van der Waals surface area contributed by atoms with Crippen LogP contribution in [0.15, 0.2) is 48.5 Å². The van der Waals surface area contributed by atoms with E-state index in [1.165, 1.54) is 5.56 Å². The van der Waals surface area contributed by atoms with Gasteiger partial charge in [0.1, 0.15) is 5.75 Å². The van der Waals surface area contributed by atoms with Crippen LogP contribution in [0.4, 0.5) is 5.69 Å². The summed E-state index contributed by atoms with van der Waals surface area (Å²) in [4.78, 5) is 11.8. The highest BCUT2D eigenvalue weighted by Gasteiger charge is 2.04. The molecule has 21 heavy (non-hydrogen) atoms. The molecule has 0 aliphatic carbocycles. The molecule has 0 saturated carbocycles. The number of aryl methyl sites for hydroxylation is 2. The standard InChI is InChI=1S/C18H21NO2/c1-3-5-15-8-10-16(11-9-15)19-18(20)13-21-17-7-4-6-14(2)12-17/h4,6-12H,3,5,13H2,1-2H3,(H,19,20). The van der Waals surface area contributed by atoms with E-state index in [9.17, 15) is 4.79 Å². The third-order valence-electron chi connectivity index (χ3n) is 3.14. The summed E-state index contributed by atoms with van der Waals surface area (Å²) in [6.07, 6.45) is 2.18. The zero-order valence-electron chi connectivity index (χ0n) is 12.6. The van der Waals surface area contributed by atoms with Gasteiger partial charge in [-0.1, -0.05) is 37.6 Å². The third kappa shape index (κ3) is 4.95. The Kier molecular flexibility index (Phi) is 5.38. The molecule has 0 heterocycles. The molecule has 1 amide bonds. The van der Waals surface area contributed by atoms with Gasteiger partial charge in [-0.2, -0.15) is 0 Å². The molecule has 2 aromatic carbocycles. The molecule has 1 N–H and O–H groups in total. The number of hydrogen-bond acceptors (Lipinski definition) is 2. The minimum Gasteiger partial charge on any atom is -0.484 e. The molecule has 0 fully saturated rings. The van der Waals surface area contributed by atoms with Gasteiger partial charge in [0, 0.05) is 5.69 Å². The maximum absolute atomic E-state index is 11.8. The van der Waals surface area contributed by atoms with Crippen molar-refractivity contribution >= 4 is 11.6 Å². The summed E-state index contributed by atoms with van der Waals surface area (Å²) >= 11 is 0. The number of carbonyl (C=O) groups excluding carboxylic acids is 1. The van der Waals surface area contributed by atoms with Crippen molar-refractivity contribution in [1.82, 2.24) is 0 Å². The number of carbonyl (C=O) groups is 1. The van der Waals surface area contributed by atoms with Gasteiger partial charge in [-0.3, -0.25) is 4.79 Å². The molecule has 3 nitrogen and oxygen atoms in total. The fraction of sp³-hybridized carbons (Fsp3) is 0.278. The van der Waals surface area contributed by atoms with Crippen LogP contribution >= 0.6 is 0 Å². The lowest BCUT2D eigenvalue weighted by Gasteiger charge is -2.08. The zero-order chi connectivity index (χ0) is 15.1. The number of amides is 1. The van der Waals surface area contributed by atoms with Crippen LogP contribution in [0.2, 0.25) is 0 Å². The Hall–Kier alpha value is -2.29. The van der Waals surface area contributed by atoms with E-state index in [0.717, 1.165) is 24.1 Å². The zero-order valence-corrected chi connectivity index (χ0v) is 12.6. The summed E-state index contributed by atoms with van der Waals surface area (Å²) in [5.74, 6) is 0.559. The van der Waals surface area contributed by atoms with Crippen molar-refractivity contribution in [3.63, 3.8) is 0 Å². The summed E-state index contributed by atoms with van der Waals surface area (Å²) in [5.41, 5.74) is 3.19. The molecular formula is C18H21NO2. The number of anilines is 1. The summed E-state index contributed by atoms with van der Waals surface area (Å²) < 4.78 is 5.47. The number of nitrogens with one attached hydrogen (secondary N) is 1. The van der Waals surface area contributed by atoms with Crippen molar-refractivity contribution in [2.75, 3.05) is 11.9 Å². The van der Waals surface area contributed by atoms with E-state index in [-0.39, 0.29) is 12.5 Å². The number of hydrogen-bond donors (Lipinski definition) is 1. The van der Waals surface area contributed by atoms with Crippen molar-refractivity contribution in [1.29, 1.82) is 0 Å². The van der Waals surface area contributed by atoms with Crippen molar-refractivity contribution < 1.29 is 9.53 Å². The lowest BCUT2D eigenvalue weighted by Crippen LogP contribution is -2.20. The highest BCUT2D eigenvalue weighted by atomic mass is 16.5. The van der Waals surface area contributed by atoms with Gasteiger partial charge in [0.2, 0.25) is 0 Å². The average molecular weight is 283 g/mol. The smallest absolute Gasteiger partial charge is 0.262 e. The molecule has 0 aliphatic rings. The molecule has 0 aromatic heterocycles. The fourth-order valence-corrected chi connectivity index (χ4v) is 2.09. The van der Waals surface area contributed by atoms with E-state index in [0.29, 0.717) is 5.75 Å². The van der Waals surface area contributed by atoms with Gasteiger partial charge >= 0.3 is 0 Å². The van der Waals surface area contributed by atoms with Crippen LogP contribution < -0.4 is 10.1 Å². The minimum atomic E-state index is -0.153. The van der Waals surface area contributed by atoms with Crippen LogP contribution in [-0.2, 0) is 11.2 Å². The Bertz CT molecular complexity index is 590.